The summed E-state index contributed by atoms with van der Waals surface area (Å²) in [6.07, 6.45) is 0. The van der Waals surface area contributed by atoms with Gasteiger partial charge in [-0.3, -0.25) is 9.69 Å². The summed E-state index contributed by atoms with van der Waals surface area (Å²) in [5.41, 5.74) is 0.348. The lowest BCUT2D eigenvalue weighted by molar-refractivity contribution is -0.116. The van der Waals surface area contributed by atoms with Crippen LogP contribution < -0.4 is 4.90 Å². The summed E-state index contributed by atoms with van der Waals surface area (Å²) in [6, 6.07) is 4.06. The third-order valence-electron chi connectivity index (χ3n) is 2.45. The fourth-order valence-corrected chi connectivity index (χ4v) is 2.33. The monoisotopic (exact) mass is 302 g/mol. The number of carbonyl (C=O) groups excluding carboxylic acids is 2. The van der Waals surface area contributed by atoms with E-state index in [1.807, 2.05) is 0 Å². The fourth-order valence-electron chi connectivity index (χ4n) is 1.67. The fraction of sp³-hybridized carbons (Fsp3) is 0.182. The van der Waals surface area contributed by atoms with Gasteiger partial charge in [-0.2, -0.15) is 0 Å². The van der Waals surface area contributed by atoms with Crippen molar-refractivity contribution in [1.29, 1.82) is 0 Å². The van der Waals surface area contributed by atoms with Gasteiger partial charge in [0.2, 0.25) is 0 Å². The third kappa shape index (κ3) is 2.34. The van der Waals surface area contributed by atoms with Gasteiger partial charge in [-0.1, -0.05) is 35.4 Å². The Morgan fingerprint density at radius 2 is 1.78 bits per heavy atom. The molecular weight excluding hydrogens is 295 g/mol. The molecule has 0 atom stereocenters. The van der Waals surface area contributed by atoms with Gasteiger partial charge in [0.15, 0.2) is 0 Å². The van der Waals surface area contributed by atoms with E-state index in [9.17, 15) is 9.59 Å². The van der Waals surface area contributed by atoms with Crippen molar-refractivity contribution in [2.75, 3.05) is 11.4 Å². The van der Waals surface area contributed by atoms with E-state index in [2.05, 4.69) is 0 Å². The van der Waals surface area contributed by atoms with E-state index in [4.69, 9.17) is 35.4 Å². The Kier molecular flexibility index (Phi) is 3.56. The lowest BCUT2D eigenvalue weighted by Crippen LogP contribution is -2.34. The van der Waals surface area contributed by atoms with Gasteiger partial charge in [0.1, 0.15) is 6.54 Å². The van der Waals surface area contributed by atoms with Crippen LogP contribution >= 0.6 is 35.4 Å². The van der Waals surface area contributed by atoms with Crippen molar-refractivity contribution in [3.8, 4) is 0 Å². The molecule has 1 aliphatic heterocycles. The topological polar surface area (TPSA) is 40.6 Å². The van der Waals surface area contributed by atoms with Gasteiger partial charge in [-0.15, -0.1) is 0 Å². The number of hydrogen-bond acceptors (Lipinski definition) is 3. The summed E-state index contributed by atoms with van der Waals surface area (Å²) in [7, 11) is 0. The molecule has 94 valence electrons. The quantitative estimate of drug-likeness (QED) is 0.591. The number of amides is 3. The molecule has 18 heavy (non-hydrogen) atoms. The van der Waals surface area contributed by atoms with Gasteiger partial charge in [0.25, 0.3) is 5.91 Å². The Hall–Kier alpha value is -1.17. The molecule has 0 saturated carbocycles. The Bertz CT molecular complexity index is 542. The second kappa shape index (κ2) is 4.84. The number of benzene rings is 1. The highest BCUT2D eigenvalue weighted by Gasteiger charge is 2.38. The van der Waals surface area contributed by atoms with Crippen LogP contribution in [-0.2, 0) is 4.79 Å². The number of urea groups is 1. The zero-order valence-electron chi connectivity index (χ0n) is 9.31. The standard InChI is InChI=1S/C11H8Cl2N2O2S/c1-6(18)14-5-10(16)15(11(14)17)9-3-7(12)2-8(13)4-9/h2-4H,5H2,1H3. The molecule has 3 amide bonds. The molecule has 1 aliphatic rings. The van der Waals surface area contributed by atoms with Crippen LogP contribution in [0.5, 0.6) is 0 Å². The maximum atomic E-state index is 12.0. The molecule has 0 N–H and O–H groups in total. The summed E-state index contributed by atoms with van der Waals surface area (Å²) in [5.74, 6) is -0.359. The van der Waals surface area contributed by atoms with Crippen LogP contribution in [0, 0.1) is 0 Å². The van der Waals surface area contributed by atoms with Crippen LogP contribution in [0.25, 0.3) is 0 Å². The van der Waals surface area contributed by atoms with Crippen LogP contribution in [0.3, 0.4) is 0 Å². The Balaban J connectivity index is 2.42. The minimum Gasteiger partial charge on any atom is -0.278 e. The molecule has 1 aromatic rings. The molecule has 0 aromatic heterocycles. The third-order valence-corrected chi connectivity index (χ3v) is 3.11. The molecule has 1 fully saturated rings. The first-order chi connectivity index (χ1) is 8.40. The van der Waals surface area contributed by atoms with E-state index < -0.39 is 6.03 Å². The highest BCUT2D eigenvalue weighted by molar-refractivity contribution is 7.80. The van der Waals surface area contributed by atoms with Crippen LogP contribution in [-0.4, -0.2) is 28.4 Å². The molecule has 0 bridgehead atoms. The molecule has 2 rings (SSSR count). The summed E-state index contributed by atoms with van der Waals surface area (Å²) in [5, 5.41) is 0.714. The van der Waals surface area contributed by atoms with E-state index >= 15 is 0 Å². The predicted octanol–water partition coefficient (Wildman–Crippen LogP) is 3.11. The van der Waals surface area contributed by atoms with E-state index in [-0.39, 0.29) is 12.5 Å². The molecule has 1 heterocycles. The first-order valence-electron chi connectivity index (χ1n) is 5.01. The number of thiocarbonyl (C=S) groups is 1. The summed E-state index contributed by atoms with van der Waals surface area (Å²) >= 11 is 16.6. The van der Waals surface area contributed by atoms with Crippen molar-refractivity contribution >= 4 is 58.0 Å². The summed E-state index contributed by atoms with van der Waals surface area (Å²) < 4.78 is 0. The molecule has 4 nitrogen and oxygen atoms in total. The Labute approximate surface area is 119 Å². The molecule has 0 radical (unpaired) electrons. The molecular formula is C11H8Cl2N2O2S. The number of rotatable bonds is 1. The smallest absolute Gasteiger partial charge is 0.278 e. The second-order valence-corrected chi connectivity index (χ2v) is 5.21. The minimum absolute atomic E-state index is 0.0572. The lowest BCUT2D eigenvalue weighted by atomic mass is 10.3. The van der Waals surface area contributed by atoms with Gasteiger partial charge in [-0.05, 0) is 25.1 Å². The van der Waals surface area contributed by atoms with E-state index in [0.29, 0.717) is 20.7 Å². The van der Waals surface area contributed by atoms with Crippen molar-refractivity contribution < 1.29 is 9.59 Å². The van der Waals surface area contributed by atoms with Crippen molar-refractivity contribution in [2.24, 2.45) is 0 Å². The molecule has 0 unspecified atom stereocenters. The number of nitrogens with zero attached hydrogens (tertiary/aromatic N) is 2. The first kappa shape index (κ1) is 13.3. The van der Waals surface area contributed by atoms with Crippen LogP contribution in [0.1, 0.15) is 6.92 Å². The Morgan fingerprint density at radius 3 is 2.22 bits per heavy atom. The Morgan fingerprint density at radius 1 is 1.22 bits per heavy atom. The lowest BCUT2D eigenvalue weighted by Gasteiger charge is -2.16. The van der Waals surface area contributed by atoms with Crippen LogP contribution in [0.2, 0.25) is 10.0 Å². The second-order valence-electron chi connectivity index (χ2n) is 3.74. The van der Waals surface area contributed by atoms with Gasteiger partial charge < -0.3 is 0 Å². The zero-order chi connectivity index (χ0) is 13.4. The van der Waals surface area contributed by atoms with E-state index in [1.54, 1.807) is 6.92 Å². The molecule has 1 saturated heterocycles. The molecule has 0 aliphatic carbocycles. The number of anilines is 1. The van der Waals surface area contributed by atoms with Crippen LogP contribution in [0.15, 0.2) is 18.2 Å². The number of halogens is 2. The van der Waals surface area contributed by atoms with E-state index in [0.717, 1.165) is 4.90 Å². The zero-order valence-corrected chi connectivity index (χ0v) is 11.6. The largest absolute Gasteiger partial charge is 0.336 e. The van der Waals surface area contributed by atoms with Gasteiger partial charge in [-0.25, -0.2) is 9.69 Å². The average molecular weight is 303 g/mol. The first-order valence-corrected chi connectivity index (χ1v) is 6.17. The van der Waals surface area contributed by atoms with Crippen molar-refractivity contribution in [3.63, 3.8) is 0 Å². The van der Waals surface area contributed by atoms with E-state index in [1.165, 1.54) is 23.1 Å². The normalized spacial score (nSPS) is 15.5. The highest BCUT2D eigenvalue weighted by atomic mass is 35.5. The molecule has 1 aromatic carbocycles. The summed E-state index contributed by atoms with van der Waals surface area (Å²) in [4.78, 5) is 26.5. The van der Waals surface area contributed by atoms with Crippen molar-refractivity contribution in [3.05, 3.63) is 28.2 Å². The maximum Gasteiger partial charge on any atom is 0.336 e. The number of imide groups is 1. The minimum atomic E-state index is -0.481. The van der Waals surface area contributed by atoms with Crippen molar-refractivity contribution in [2.45, 2.75) is 6.92 Å². The molecule has 7 heteroatoms. The SMILES string of the molecule is CC(=S)N1CC(=O)N(c2cc(Cl)cc(Cl)c2)C1=O. The van der Waals surface area contributed by atoms with Gasteiger partial charge in [0, 0.05) is 10.0 Å². The molecule has 0 spiro atoms. The van der Waals surface area contributed by atoms with Crippen molar-refractivity contribution in [1.82, 2.24) is 4.90 Å². The average Bonchev–Trinajstić information content (AvgIpc) is 2.52. The number of carbonyl (C=O) groups is 2. The maximum absolute atomic E-state index is 12.0. The van der Waals surface area contributed by atoms with Crippen LogP contribution in [0.4, 0.5) is 10.5 Å². The van der Waals surface area contributed by atoms with Gasteiger partial charge in [0.05, 0.1) is 10.7 Å². The highest BCUT2D eigenvalue weighted by Crippen LogP contribution is 2.28. The number of hydrogen-bond donors (Lipinski definition) is 0. The predicted molar refractivity (Wildman–Crippen MR) is 74.3 cm³/mol. The summed E-state index contributed by atoms with van der Waals surface area (Å²) in [6.45, 7) is 1.53. The van der Waals surface area contributed by atoms with Gasteiger partial charge >= 0.3 is 6.03 Å².